The predicted molar refractivity (Wildman–Crippen MR) is 68.4 cm³/mol. The van der Waals surface area contributed by atoms with Crippen LogP contribution in [0.15, 0.2) is 23.4 Å². The van der Waals surface area contributed by atoms with Gasteiger partial charge < -0.3 is 5.11 Å². The molecular formula is C11H13ClN2O4S. The van der Waals surface area contributed by atoms with Gasteiger partial charge in [-0.1, -0.05) is 11.6 Å². The number of aliphatic carboxylic acids is 1. The first-order chi connectivity index (χ1) is 8.93. The molecule has 1 fully saturated rings. The molecule has 0 radical (unpaired) electrons. The van der Waals surface area contributed by atoms with Crippen molar-refractivity contribution < 1.29 is 18.3 Å². The van der Waals surface area contributed by atoms with Gasteiger partial charge in [-0.15, -0.1) is 0 Å². The van der Waals surface area contributed by atoms with Gasteiger partial charge in [-0.05, 0) is 25.3 Å². The van der Waals surface area contributed by atoms with E-state index >= 15 is 0 Å². The summed E-state index contributed by atoms with van der Waals surface area (Å²) < 4.78 is 25.9. The van der Waals surface area contributed by atoms with E-state index in [0.29, 0.717) is 19.3 Å². The summed E-state index contributed by atoms with van der Waals surface area (Å²) in [6.07, 6.45) is 4.18. The quantitative estimate of drug-likeness (QED) is 0.911. The summed E-state index contributed by atoms with van der Waals surface area (Å²) >= 11 is 5.73. The SMILES string of the molecule is O=C(O)C1CCCCN1S(=O)(=O)c1cncc(Cl)c1. The molecule has 0 spiro atoms. The number of rotatable bonds is 3. The number of hydrogen-bond donors (Lipinski definition) is 1. The van der Waals surface area contributed by atoms with Crippen LogP contribution in [0.1, 0.15) is 19.3 Å². The summed E-state index contributed by atoms with van der Waals surface area (Å²) in [5.41, 5.74) is 0. The Morgan fingerprint density at radius 2 is 2.16 bits per heavy atom. The highest BCUT2D eigenvalue weighted by Crippen LogP contribution is 2.26. The molecule has 1 unspecified atom stereocenters. The predicted octanol–water partition coefficient (Wildman–Crippen LogP) is 1.36. The Balaban J connectivity index is 2.40. The summed E-state index contributed by atoms with van der Waals surface area (Å²) in [5.74, 6) is -1.13. The van der Waals surface area contributed by atoms with Gasteiger partial charge in [0.05, 0.1) is 5.02 Å². The number of carbonyl (C=O) groups is 1. The Hall–Kier alpha value is -1.18. The molecular weight excluding hydrogens is 292 g/mol. The third-order valence-corrected chi connectivity index (χ3v) is 5.11. The van der Waals surface area contributed by atoms with Gasteiger partial charge in [0.15, 0.2) is 0 Å². The smallest absolute Gasteiger partial charge is 0.322 e. The van der Waals surface area contributed by atoms with E-state index in [1.165, 1.54) is 18.5 Å². The molecule has 0 aliphatic carbocycles. The van der Waals surface area contributed by atoms with E-state index in [-0.39, 0.29) is 16.5 Å². The zero-order valence-electron chi connectivity index (χ0n) is 9.99. The molecule has 104 valence electrons. The molecule has 1 atom stereocenters. The average molecular weight is 305 g/mol. The van der Waals surface area contributed by atoms with E-state index in [4.69, 9.17) is 16.7 Å². The number of piperidine rings is 1. The molecule has 1 aromatic heterocycles. The lowest BCUT2D eigenvalue weighted by Gasteiger charge is -2.31. The maximum absolute atomic E-state index is 12.4. The molecule has 8 heteroatoms. The number of sulfonamides is 1. The number of carboxylic acids is 1. The van der Waals surface area contributed by atoms with Gasteiger partial charge in [-0.25, -0.2) is 8.42 Å². The van der Waals surface area contributed by atoms with E-state index in [0.717, 1.165) is 4.31 Å². The molecule has 2 heterocycles. The first-order valence-corrected chi connectivity index (χ1v) is 7.60. The molecule has 1 aliphatic heterocycles. The maximum atomic E-state index is 12.4. The lowest BCUT2D eigenvalue weighted by molar-refractivity contribution is -0.142. The highest BCUT2D eigenvalue weighted by molar-refractivity contribution is 7.89. The monoisotopic (exact) mass is 304 g/mol. The fraction of sp³-hybridized carbons (Fsp3) is 0.455. The van der Waals surface area contributed by atoms with Crippen LogP contribution in [0.2, 0.25) is 5.02 Å². The molecule has 1 aliphatic rings. The van der Waals surface area contributed by atoms with Crippen molar-refractivity contribution in [1.29, 1.82) is 0 Å². The van der Waals surface area contributed by atoms with E-state index < -0.39 is 22.0 Å². The largest absolute Gasteiger partial charge is 0.480 e. The van der Waals surface area contributed by atoms with Crippen LogP contribution in [0, 0.1) is 0 Å². The Morgan fingerprint density at radius 1 is 1.42 bits per heavy atom. The van der Waals surface area contributed by atoms with Gasteiger partial charge in [0.25, 0.3) is 0 Å². The third-order valence-electron chi connectivity index (χ3n) is 3.03. The molecule has 0 bridgehead atoms. The lowest BCUT2D eigenvalue weighted by atomic mass is 10.1. The van der Waals surface area contributed by atoms with Crippen LogP contribution in [0.3, 0.4) is 0 Å². The Kier molecular flexibility index (Phi) is 4.07. The second kappa shape index (κ2) is 5.44. The Morgan fingerprint density at radius 3 is 2.79 bits per heavy atom. The lowest BCUT2D eigenvalue weighted by Crippen LogP contribution is -2.47. The molecule has 1 N–H and O–H groups in total. The van der Waals surface area contributed by atoms with Crippen molar-refractivity contribution in [3.8, 4) is 0 Å². The summed E-state index contributed by atoms with van der Waals surface area (Å²) in [6.45, 7) is 0.200. The molecule has 2 rings (SSSR count). The van der Waals surface area contributed by atoms with Gasteiger partial charge in [0, 0.05) is 18.9 Å². The normalized spacial score (nSPS) is 21.2. The summed E-state index contributed by atoms with van der Waals surface area (Å²) in [4.78, 5) is 14.8. The number of halogens is 1. The highest BCUT2D eigenvalue weighted by Gasteiger charge is 2.37. The zero-order valence-corrected chi connectivity index (χ0v) is 11.6. The summed E-state index contributed by atoms with van der Waals surface area (Å²) in [5, 5.41) is 9.32. The molecule has 19 heavy (non-hydrogen) atoms. The topological polar surface area (TPSA) is 87.6 Å². The standard InChI is InChI=1S/C11H13ClN2O4S/c12-8-5-9(7-13-6-8)19(17,18)14-4-2-1-3-10(14)11(15)16/h5-7,10H,1-4H2,(H,15,16). The fourth-order valence-corrected chi connectivity index (χ4v) is 3.99. The molecule has 0 aromatic carbocycles. The van der Waals surface area contributed by atoms with Crippen LogP contribution in [-0.2, 0) is 14.8 Å². The van der Waals surface area contributed by atoms with Crippen LogP contribution in [0.4, 0.5) is 0 Å². The van der Waals surface area contributed by atoms with Crippen molar-refractivity contribution in [2.24, 2.45) is 0 Å². The zero-order chi connectivity index (χ0) is 14.0. The molecule has 0 amide bonds. The minimum atomic E-state index is -3.87. The molecule has 6 nitrogen and oxygen atoms in total. The van der Waals surface area contributed by atoms with Crippen molar-refractivity contribution >= 4 is 27.6 Å². The van der Waals surface area contributed by atoms with E-state index in [1.54, 1.807) is 0 Å². The van der Waals surface area contributed by atoms with E-state index in [2.05, 4.69) is 4.98 Å². The van der Waals surface area contributed by atoms with Gasteiger partial charge in [0.1, 0.15) is 10.9 Å². The highest BCUT2D eigenvalue weighted by atomic mass is 35.5. The third kappa shape index (κ3) is 2.88. The van der Waals surface area contributed by atoms with E-state index in [9.17, 15) is 13.2 Å². The van der Waals surface area contributed by atoms with Gasteiger partial charge >= 0.3 is 5.97 Å². The number of hydrogen-bond acceptors (Lipinski definition) is 4. The minimum absolute atomic E-state index is 0.0758. The Bertz CT molecular complexity index is 590. The molecule has 1 aromatic rings. The van der Waals surface area contributed by atoms with Crippen LogP contribution in [-0.4, -0.2) is 41.4 Å². The summed E-state index contributed by atoms with van der Waals surface area (Å²) in [6, 6.07) is 0.259. The van der Waals surface area contributed by atoms with Crippen molar-refractivity contribution in [3.63, 3.8) is 0 Å². The van der Waals surface area contributed by atoms with Crippen molar-refractivity contribution in [1.82, 2.24) is 9.29 Å². The minimum Gasteiger partial charge on any atom is -0.480 e. The van der Waals surface area contributed by atoms with Crippen LogP contribution >= 0.6 is 11.6 Å². The van der Waals surface area contributed by atoms with Gasteiger partial charge in [-0.3, -0.25) is 9.78 Å². The Labute approximate surface area is 116 Å². The number of nitrogens with zero attached hydrogens (tertiary/aromatic N) is 2. The fourth-order valence-electron chi connectivity index (χ4n) is 2.11. The van der Waals surface area contributed by atoms with Crippen molar-refractivity contribution in [3.05, 3.63) is 23.5 Å². The van der Waals surface area contributed by atoms with E-state index in [1.807, 2.05) is 0 Å². The van der Waals surface area contributed by atoms with Crippen LogP contribution in [0.5, 0.6) is 0 Å². The summed E-state index contributed by atoms with van der Waals surface area (Å²) in [7, 11) is -3.87. The first kappa shape index (κ1) is 14.2. The molecule has 1 saturated heterocycles. The second-order valence-electron chi connectivity index (χ2n) is 4.30. The number of aromatic nitrogens is 1. The van der Waals surface area contributed by atoms with Gasteiger partial charge in [0.2, 0.25) is 10.0 Å². The van der Waals surface area contributed by atoms with Crippen molar-refractivity contribution in [2.75, 3.05) is 6.54 Å². The number of carboxylic acid groups (broad SMARTS) is 1. The average Bonchev–Trinajstić information content (AvgIpc) is 2.38. The number of pyridine rings is 1. The second-order valence-corrected chi connectivity index (χ2v) is 6.63. The van der Waals surface area contributed by atoms with Crippen molar-refractivity contribution in [2.45, 2.75) is 30.2 Å². The van der Waals surface area contributed by atoms with Gasteiger partial charge in [-0.2, -0.15) is 4.31 Å². The maximum Gasteiger partial charge on any atom is 0.322 e. The van der Waals surface area contributed by atoms with Crippen LogP contribution in [0.25, 0.3) is 0 Å². The molecule has 0 saturated carbocycles. The van der Waals surface area contributed by atoms with Crippen LogP contribution < -0.4 is 0 Å². The first-order valence-electron chi connectivity index (χ1n) is 5.78.